The zero-order valence-electron chi connectivity index (χ0n) is 19.1. The van der Waals surface area contributed by atoms with Crippen LogP contribution < -0.4 is 19.7 Å². The highest BCUT2D eigenvalue weighted by molar-refractivity contribution is 6.01. The second-order valence-electron chi connectivity index (χ2n) is 7.71. The van der Waals surface area contributed by atoms with Crippen molar-refractivity contribution < 1.29 is 19.4 Å². The molecule has 0 spiro atoms. The molecule has 8 heteroatoms. The maximum Gasteiger partial charge on any atom is 0.261 e. The number of rotatable bonds is 9. The predicted molar refractivity (Wildman–Crippen MR) is 128 cm³/mol. The Bertz CT molecular complexity index is 1020. The lowest BCUT2D eigenvalue weighted by atomic mass is 10.1. The molecule has 0 bridgehead atoms. The molecule has 0 saturated carbocycles. The van der Waals surface area contributed by atoms with Crippen LogP contribution in [-0.2, 0) is 4.79 Å². The molecule has 33 heavy (non-hydrogen) atoms. The standard InChI is InChI=1S/C25H30N4O4/c1-32-23-7-4-3-6-21(23)29-14-12-28(13-15-29)11-5-10-27-25(31)20(18-26)16-19-8-9-22(30)24(17-19)33-2/h3-4,6-9,16-17,30H,5,10-15H2,1-2H3,(H,27,31)/b20-16+. The van der Waals surface area contributed by atoms with E-state index < -0.39 is 5.91 Å². The van der Waals surface area contributed by atoms with Crippen molar-refractivity contribution >= 4 is 17.7 Å². The third-order valence-corrected chi connectivity index (χ3v) is 5.61. The van der Waals surface area contributed by atoms with Crippen molar-refractivity contribution in [2.75, 3.05) is 58.4 Å². The summed E-state index contributed by atoms with van der Waals surface area (Å²) in [6, 6.07) is 14.7. The van der Waals surface area contributed by atoms with Gasteiger partial charge in [0.2, 0.25) is 0 Å². The number of carbonyl (C=O) groups is 1. The Kier molecular flexibility index (Phi) is 8.56. The number of nitrogens with one attached hydrogen (secondary N) is 1. The number of anilines is 1. The number of piperazine rings is 1. The number of amides is 1. The number of benzene rings is 2. The van der Waals surface area contributed by atoms with E-state index in [4.69, 9.17) is 9.47 Å². The molecule has 0 unspecified atom stereocenters. The molecule has 174 valence electrons. The maximum atomic E-state index is 12.4. The zero-order valence-corrected chi connectivity index (χ0v) is 19.1. The Labute approximate surface area is 194 Å². The van der Waals surface area contributed by atoms with Gasteiger partial charge in [-0.25, -0.2) is 0 Å². The predicted octanol–water partition coefficient (Wildman–Crippen LogP) is 2.64. The normalized spacial score (nSPS) is 14.5. The van der Waals surface area contributed by atoms with E-state index in [0.717, 1.165) is 50.6 Å². The third kappa shape index (κ3) is 6.40. The van der Waals surface area contributed by atoms with E-state index >= 15 is 0 Å². The van der Waals surface area contributed by atoms with Gasteiger partial charge >= 0.3 is 0 Å². The summed E-state index contributed by atoms with van der Waals surface area (Å²) in [5.41, 5.74) is 1.73. The van der Waals surface area contributed by atoms with Crippen molar-refractivity contribution in [2.24, 2.45) is 0 Å². The fourth-order valence-electron chi connectivity index (χ4n) is 3.80. The number of phenolic OH excluding ortho intramolecular Hbond substituents is 1. The molecule has 1 fully saturated rings. The van der Waals surface area contributed by atoms with E-state index in [1.54, 1.807) is 19.2 Å². The summed E-state index contributed by atoms with van der Waals surface area (Å²) in [6.45, 7) is 5.09. The highest BCUT2D eigenvalue weighted by atomic mass is 16.5. The maximum absolute atomic E-state index is 12.4. The average molecular weight is 451 g/mol. The van der Waals surface area contributed by atoms with Crippen molar-refractivity contribution in [1.29, 1.82) is 5.26 Å². The summed E-state index contributed by atoms with van der Waals surface area (Å²) in [5, 5.41) is 21.9. The lowest BCUT2D eigenvalue weighted by Crippen LogP contribution is -2.47. The van der Waals surface area contributed by atoms with Crippen LogP contribution >= 0.6 is 0 Å². The van der Waals surface area contributed by atoms with E-state index in [9.17, 15) is 15.2 Å². The first kappa shape index (κ1) is 24.0. The van der Waals surface area contributed by atoms with Crippen LogP contribution in [0, 0.1) is 11.3 Å². The van der Waals surface area contributed by atoms with E-state index in [1.807, 2.05) is 24.3 Å². The van der Waals surface area contributed by atoms with Gasteiger partial charge in [-0.15, -0.1) is 0 Å². The fourth-order valence-corrected chi connectivity index (χ4v) is 3.80. The SMILES string of the molecule is COc1cc(/C=C(\C#N)C(=O)NCCCN2CCN(c3ccccc3OC)CC2)ccc1O. The first-order valence-corrected chi connectivity index (χ1v) is 10.9. The van der Waals surface area contributed by atoms with Gasteiger partial charge in [-0.1, -0.05) is 18.2 Å². The molecular weight excluding hydrogens is 420 g/mol. The third-order valence-electron chi connectivity index (χ3n) is 5.61. The second kappa shape index (κ2) is 11.8. The van der Waals surface area contributed by atoms with Crippen LogP contribution in [0.25, 0.3) is 6.08 Å². The largest absolute Gasteiger partial charge is 0.504 e. The Morgan fingerprint density at radius 2 is 1.85 bits per heavy atom. The average Bonchev–Trinajstić information content (AvgIpc) is 2.86. The molecule has 2 aromatic rings. The van der Waals surface area contributed by atoms with Gasteiger partial charge in [-0.05, 0) is 48.9 Å². The molecular formula is C25H30N4O4. The molecule has 8 nitrogen and oxygen atoms in total. The molecule has 2 N–H and O–H groups in total. The van der Waals surface area contributed by atoms with Gasteiger partial charge in [0, 0.05) is 32.7 Å². The minimum absolute atomic E-state index is 0.00125. The molecule has 0 aromatic heterocycles. The van der Waals surface area contributed by atoms with Gasteiger partial charge < -0.3 is 24.8 Å². The number of hydrogen-bond donors (Lipinski definition) is 2. The molecule has 2 aromatic carbocycles. The molecule has 0 aliphatic carbocycles. The lowest BCUT2D eigenvalue weighted by molar-refractivity contribution is -0.117. The number of methoxy groups -OCH3 is 2. The van der Waals surface area contributed by atoms with E-state index in [2.05, 4.69) is 21.2 Å². The summed E-state index contributed by atoms with van der Waals surface area (Å²) >= 11 is 0. The number of nitrogens with zero attached hydrogens (tertiary/aromatic N) is 3. The summed E-state index contributed by atoms with van der Waals surface area (Å²) in [6.07, 6.45) is 2.28. The number of aromatic hydroxyl groups is 1. The van der Waals surface area contributed by atoms with E-state index in [-0.39, 0.29) is 17.1 Å². The number of ether oxygens (including phenoxy) is 2. The van der Waals surface area contributed by atoms with Crippen LogP contribution in [0.3, 0.4) is 0 Å². The lowest BCUT2D eigenvalue weighted by Gasteiger charge is -2.36. The van der Waals surface area contributed by atoms with Gasteiger partial charge in [-0.2, -0.15) is 5.26 Å². The monoisotopic (exact) mass is 450 g/mol. The van der Waals surface area contributed by atoms with Crippen molar-refractivity contribution in [2.45, 2.75) is 6.42 Å². The van der Waals surface area contributed by atoms with Gasteiger partial charge in [0.15, 0.2) is 11.5 Å². The first-order valence-electron chi connectivity index (χ1n) is 10.9. The molecule has 3 rings (SSSR count). The number of para-hydroxylation sites is 2. The molecule has 1 amide bonds. The molecule has 0 atom stereocenters. The number of phenols is 1. The van der Waals surface area contributed by atoms with Crippen LogP contribution in [0.5, 0.6) is 17.2 Å². The van der Waals surface area contributed by atoms with Crippen molar-refractivity contribution in [3.8, 4) is 23.3 Å². The Morgan fingerprint density at radius 3 is 2.55 bits per heavy atom. The van der Waals surface area contributed by atoms with E-state index in [1.165, 1.54) is 19.3 Å². The van der Waals surface area contributed by atoms with Crippen LogP contribution in [0.2, 0.25) is 0 Å². The first-order chi connectivity index (χ1) is 16.0. The Balaban J connectivity index is 1.43. The van der Waals surface area contributed by atoms with Crippen LogP contribution in [-0.4, -0.2) is 69.4 Å². The highest BCUT2D eigenvalue weighted by Crippen LogP contribution is 2.28. The van der Waals surface area contributed by atoms with Crippen molar-refractivity contribution in [1.82, 2.24) is 10.2 Å². The highest BCUT2D eigenvalue weighted by Gasteiger charge is 2.19. The molecule has 0 radical (unpaired) electrons. The van der Waals surface area contributed by atoms with Gasteiger partial charge in [0.25, 0.3) is 5.91 Å². The van der Waals surface area contributed by atoms with Crippen LogP contribution in [0.15, 0.2) is 48.0 Å². The minimum atomic E-state index is -0.412. The zero-order chi connectivity index (χ0) is 23.6. The van der Waals surface area contributed by atoms with Gasteiger partial charge in [0.1, 0.15) is 17.4 Å². The number of hydrogen-bond acceptors (Lipinski definition) is 7. The van der Waals surface area contributed by atoms with Crippen LogP contribution in [0.4, 0.5) is 5.69 Å². The minimum Gasteiger partial charge on any atom is -0.504 e. The smallest absolute Gasteiger partial charge is 0.261 e. The van der Waals surface area contributed by atoms with Gasteiger partial charge in [0.05, 0.1) is 19.9 Å². The van der Waals surface area contributed by atoms with Crippen molar-refractivity contribution in [3.05, 3.63) is 53.6 Å². The van der Waals surface area contributed by atoms with Crippen molar-refractivity contribution in [3.63, 3.8) is 0 Å². The summed E-state index contributed by atoms with van der Waals surface area (Å²) < 4.78 is 10.5. The van der Waals surface area contributed by atoms with Gasteiger partial charge in [-0.3, -0.25) is 9.69 Å². The summed E-state index contributed by atoms with van der Waals surface area (Å²) in [7, 11) is 3.14. The number of nitriles is 1. The number of carbonyl (C=O) groups excluding carboxylic acids is 1. The fraction of sp³-hybridized carbons (Fsp3) is 0.360. The Hall–Kier alpha value is -3.70. The van der Waals surface area contributed by atoms with Crippen LogP contribution in [0.1, 0.15) is 12.0 Å². The van der Waals surface area contributed by atoms with E-state index in [0.29, 0.717) is 12.1 Å². The summed E-state index contributed by atoms with van der Waals surface area (Å²) in [4.78, 5) is 17.1. The molecule has 1 aliphatic rings. The quantitative estimate of drug-likeness (QED) is 0.344. The molecule has 1 heterocycles. The molecule has 1 saturated heterocycles. The molecule has 1 aliphatic heterocycles. The topological polar surface area (TPSA) is 98.1 Å². The second-order valence-corrected chi connectivity index (χ2v) is 7.71. The summed E-state index contributed by atoms with van der Waals surface area (Å²) in [5.74, 6) is 0.764. The Morgan fingerprint density at radius 1 is 1.12 bits per heavy atom.